The predicted molar refractivity (Wildman–Crippen MR) is 53.5 cm³/mol. The van der Waals surface area contributed by atoms with Crippen LogP contribution >= 0.6 is 0 Å². The highest BCUT2D eigenvalue weighted by Crippen LogP contribution is 2.32. The summed E-state index contributed by atoms with van der Waals surface area (Å²) in [6, 6.07) is 0. The fourth-order valence-corrected chi connectivity index (χ4v) is 1.57. The zero-order chi connectivity index (χ0) is 10.2. The van der Waals surface area contributed by atoms with Gasteiger partial charge in [-0.2, -0.15) is 0 Å². The average molecular weight is 191 g/mol. The highest BCUT2D eigenvalue weighted by atomic mass is 16.1. The molecule has 1 aromatic heterocycles. The first-order valence-electron chi connectivity index (χ1n) is 4.68. The Morgan fingerprint density at radius 1 is 1.43 bits per heavy atom. The molecule has 1 aliphatic heterocycles. The second-order valence-corrected chi connectivity index (χ2v) is 4.15. The number of rotatable bonds is 2. The third-order valence-electron chi connectivity index (χ3n) is 2.71. The number of carbonyl (C=O) groups excluding carboxylic acids is 1. The molecule has 0 unspecified atom stereocenters. The molecular formula is C10H13N3O. The summed E-state index contributed by atoms with van der Waals surface area (Å²) in [6.07, 6.45) is 5.03. The third-order valence-corrected chi connectivity index (χ3v) is 2.71. The van der Waals surface area contributed by atoms with Gasteiger partial charge in [0, 0.05) is 24.5 Å². The second kappa shape index (κ2) is 3.04. The van der Waals surface area contributed by atoms with Crippen molar-refractivity contribution in [3.63, 3.8) is 0 Å². The van der Waals surface area contributed by atoms with E-state index in [2.05, 4.69) is 28.7 Å². The zero-order valence-electron chi connectivity index (χ0n) is 8.40. The minimum atomic E-state index is 0.155. The summed E-state index contributed by atoms with van der Waals surface area (Å²) in [7, 11) is 0. The van der Waals surface area contributed by atoms with E-state index in [0.717, 1.165) is 19.3 Å². The fourth-order valence-electron chi connectivity index (χ4n) is 1.57. The average Bonchev–Trinajstić information content (AvgIpc) is 2.18. The van der Waals surface area contributed by atoms with Crippen LogP contribution in [0.1, 0.15) is 30.6 Å². The molecule has 0 aliphatic carbocycles. The van der Waals surface area contributed by atoms with Crippen LogP contribution in [0.2, 0.25) is 0 Å². The first-order valence-corrected chi connectivity index (χ1v) is 4.68. The first kappa shape index (κ1) is 9.12. The number of carbonyl (C=O) groups is 1. The van der Waals surface area contributed by atoms with Gasteiger partial charge < -0.3 is 4.90 Å². The predicted octanol–water partition coefficient (Wildman–Crippen LogP) is 1.28. The molecule has 0 radical (unpaired) electrons. The van der Waals surface area contributed by atoms with Gasteiger partial charge >= 0.3 is 0 Å². The van der Waals surface area contributed by atoms with E-state index < -0.39 is 0 Å². The Kier molecular flexibility index (Phi) is 1.98. The van der Waals surface area contributed by atoms with Gasteiger partial charge in [0.1, 0.15) is 0 Å². The lowest BCUT2D eigenvalue weighted by Crippen LogP contribution is -2.56. The van der Waals surface area contributed by atoms with E-state index >= 15 is 0 Å². The second-order valence-electron chi connectivity index (χ2n) is 4.15. The van der Waals surface area contributed by atoms with E-state index in [1.54, 1.807) is 12.4 Å². The number of aldehydes is 1. The van der Waals surface area contributed by atoms with Crippen LogP contribution in [0.3, 0.4) is 0 Å². The van der Waals surface area contributed by atoms with E-state index in [1.165, 1.54) is 0 Å². The van der Waals surface area contributed by atoms with Crippen LogP contribution in [0.15, 0.2) is 12.4 Å². The molecule has 0 amide bonds. The van der Waals surface area contributed by atoms with Crippen molar-refractivity contribution in [1.82, 2.24) is 9.97 Å². The molecule has 0 spiro atoms. The summed E-state index contributed by atoms with van der Waals surface area (Å²) in [5.74, 6) is 0.715. The van der Waals surface area contributed by atoms with Crippen LogP contribution in [0.25, 0.3) is 0 Å². The minimum Gasteiger partial charge on any atom is -0.336 e. The summed E-state index contributed by atoms with van der Waals surface area (Å²) in [4.78, 5) is 20.8. The van der Waals surface area contributed by atoms with Crippen molar-refractivity contribution < 1.29 is 4.79 Å². The van der Waals surface area contributed by atoms with Crippen molar-refractivity contribution in [3.05, 3.63) is 18.0 Å². The molecule has 2 rings (SSSR count). The maximum Gasteiger partial charge on any atom is 0.225 e. The maximum absolute atomic E-state index is 10.4. The third kappa shape index (κ3) is 1.36. The topological polar surface area (TPSA) is 46.1 Å². The number of hydrogen-bond donors (Lipinski definition) is 0. The smallest absolute Gasteiger partial charge is 0.225 e. The van der Waals surface area contributed by atoms with Gasteiger partial charge in [0.15, 0.2) is 6.29 Å². The van der Waals surface area contributed by atoms with Crippen molar-refractivity contribution in [2.24, 2.45) is 0 Å². The lowest BCUT2D eigenvalue weighted by molar-refractivity contribution is 0.112. The first-order chi connectivity index (χ1) is 6.63. The van der Waals surface area contributed by atoms with Crippen molar-refractivity contribution in [1.29, 1.82) is 0 Å². The summed E-state index contributed by atoms with van der Waals surface area (Å²) in [5, 5.41) is 0. The van der Waals surface area contributed by atoms with Crippen LogP contribution in [0, 0.1) is 0 Å². The Balaban J connectivity index is 2.21. The van der Waals surface area contributed by atoms with Crippen LogP contribution < -0.4 is 4.90 Å². The van der Waals surface area contributed by atoms with Crippen molar-refractivity contribution in [2.45, 2.75) is 25.8 Å². The molecule has 74 valence electrons. The van der Waals surface area contributed by atoms with Crippen molar-refractivity contribution >= 4 is 12.2 Å². The molecule has 1 aromatic rings. The monoisotopic (exact) mass is 191 g/mol. The maximum atomic E-state index is 10.4. The van der Waals surface area contributed by atoms with Gasteiger partial charge in [-0.15, -0.1) is 0 Å². The minimum absolute atomic E-state index is 0.155. The highest BCUT2D eigenvalue weighted by Gasteiger charge is 2.37. The number of hydrogen-bond acceptors (Lipinski definition) is 4. The Hall–Kier alpha value is -1.45. The highest BCUT2D eigenvalue weighted by molar-refractivity contribution is 5.73. The number of aromatic nitrogens is 2. The van der Waals surface area contributed by atoms with Crippen LogP contribution in [-0.4, -0.2) is 28.3 Å². The quantitative estimate of drug-likeness (QED) is 0.660. The standard InChI is InChI=1S/C10H13N3O/c1-10(2)3-4-13(10)9-11-5-8(7-14)6-12-9/h5-7H,3-4H2,1-2H3. The Morgan fingerprint density at radius 3 is 2.43 bits per heavy atom. The molecule has 1 fully saturated rings. The number of nitrogens with zero attached hydrogens (tertiary/aromatic N) is 3. The van der Waals surface area contributed by atoms with Gasteiger partial charge in [-0.1, -0.05) is 0 Å². The Labute approximate surface area is 83.0 Å². The van der Waals surface area contributed by atoms with Gasteiger partial charge in [0.25, 0.3) is 0 Å². The molecular weight excluding hydrogens is 178 g/mol. The molecule has 0 saturated carbocycles. The normalized spacial score (nSPS) is 18.9. The fraction of sp³-hybridized carbons (Fsp3) is 0.500. The molecule has 0 atom stereocenters. The van der Waals surface area contributed by atoms with Gasteiger partial charge in [-0.3, -0.25) is 4.79 Å². The summed E-state index contributed by atoms with van der Waals surface area (Å²) in [6.45, 7) is 5.31. The SMILES string of the molecule is CC1(C)CCN1c1ncc(C=O)cn1. The lowest BCUT2D eigenvalue weighted by atomic mass is 9.90. The molecule has 14 heavy (non-hydrogen) atoms. The van der Waals surface area contributed by atoms with Gasteiger partial charge in [0.05, 0.1) is 5.56 Å². The molecule has 0 bridgehead atoms. The molecule has 0 aromatic carbocycles. The van der Waals surface area contributed by atoms with E-state index in [4.69, 9.17) is 0 Å². The zero-order valence-corrected chi connectivity index (χ0v) is 8.40. The molecule has 0 N–H and O–H groups in total. The summed E-state index contributed by atoms with van der Waals surface area (Å²) >= 11 is 0. The van der Waals surface area contributed by atoms with E-state index in [-0.39, 0.29) is 5.54 Å². The molecule has 1 aliphatic rings. The number of anilines is 1. The lowest BCUT2D eigenvalue weighted by Gasteiger charge is -2.48. The molecule has 4 heteroatoms. The Morgan fingerprint density at radius 2 is 2.07 bits per heavy atom. The van der Waals surface area contributed by atoms with Gasteiger partial charge in [0.2, 0.25) is 5.95 Å². The van der Waals surface area contributed by atoms with E-state index in [0.29, 0.717) is 11.5 Å². The van der Waals surface area contributed by atoms with E-state index in [1.807, 2.05) is 0 Å². The van der Waals surface area contributed by atoms with Gasteiger partial charge in [-0.05, 0) is 20.3 Å². The summed E-state index contributed by atoms with van der Waals surface area (Å²) in [5.41, 5.74) is 0.676. The Bertz CT molecular complexity index is 345. The van der Waals surface area contributed by atoms with E-state index in [9.17, 15) is 4.79 Å². The van der Waals surface area contributed by atoms with Crippen molar-refractivity contribution in [3.8, 4) is 0 Å². The summed E-state index contributed by atoms with van der Waals surface area (Å²) < 4.78 is 0. The molecule has 2 heterocycles. The van der Waals surface area contributed by atoms with Crippen LogP contribution in [0.5, 0.6) is 0 Å². The van der Waals surface area contributed by atoms with Crippen molar-refractivity contribution in [2.75, 3.05) is 11.4 Å². The van der Waals surface area contributed by atoms with Gasteiger partial charge in [-0.25, -0.2) is 9.97 Å². The van der Waals surface area contributed by atoms with Crippen LogP contribution in [0.4, 0.5) is 5.95 Å². The molecule has 4 nitrogen and oxygen atoms in total. The van der Waals surface area contributed by atoms with Crippen LogP contribution in [-0.2, 0) is 0 Å². The largest absolute Gasteiger partial charge is 0.336 e. The molecule has 1 saturated heterocycles.